The number of hydrogen-bond acceptors (Lipinski definition) is 5. The number of esters is 1. The Morgan fingerprint density at radius 1 is 1.38 bits per heavy atom. The van der Waals surface area contributed by atoms with Crippen LogP contribution in [0.5, 0.6) is 5.75 Å². The molecule has 2 N–H and O–H groups in total. The van der Waals surface area contributed by atoms with Gasteiger partial charge in [0.1, 0.15) is 11.3 Å². The van der Waals surface area contributed by atoms with Gasteiger partial charge in [0.25, 0.3) is 0 Å². The fourth-order valence-electron chi connectivity index (χ4n) is 3.99. The quantitative estimate of drug-likeness (QED) is 0.444. The van der Waals surface area contributed by atoms with Gasteiger partial charge in [0.05, 0.1) is 24.9 Å². The molecule has 1 aliphatic rings. The van der Waals surface area contributed by atoms with E-state index in [0.29, 0.717) is 10.8 Å². The van der Waals surface area contributed by atoms with Gasteiger partial charge in [0, 0.05) is 27.9 Å². The normalized spacial score (nSPS) is 21.4. The molecule has 4 rings (SSSR count). The molecule has 1 aromatic carbocycles. The summed E-state index contributed by atoms with van der Waals surface area (Å²) in [5.41, 5.74) is 3.52. The van der Waals surface area contributed by atoms with Crippen molar-refractivity contribution in [3.05, 3.63) is 51.7 Å². The van der Waals surface area contributed by atoms with Crippen LogP contribution in [-0.4, -0.2) is 36.8 Å². The second kappa shape index (κ2) is 7.86. The molecule has 0 saturated heterocycles. The van der Waals surface area contributed by atoms with Gasteiger partial charge < -0.3 is 14.5 Å². The molecule has 0 aliphatic carbocycles. The maximum Gasteiger partial charge on any atom is 0.329 e. The highest BCUT2D eigenvalue weighted by atomic mass is 35.5. The van der Waals surface area contributed by atoms with E-state index in [2.05, 4.69) is 33.2 Å². The van der Waals surface area contributed by atoms with Crippen molar-refractivity contribution in [2.24, 2.45) is 0 Å². The van der Waals surface area contributed by atoms with Crippen LogP contribution in [0.2, 0.25) is 5.02 Å². The van der Waals surface area contributed by atoms with E-state index in [0.717, 1.165) is 35.0 Å². The second-order valence-electron chi connectivity index (χ2n) is 7.40. The smallest absolute Gasteiger partial charge is 0.329 e. The van der Waals surface area contributed by atoms with Crippen molar-refractivity contribution >= 4 is 39.8 Å². The molecule has 152 valence electrons. The summed E-state index contributed by atoms with van der Waals surface area (Å²) >= 11 is 8.01. The van der Waals surface area contributed by atoms with Gasteiger partial charge in [-0.05, 0) is 48.9 Å². The van der Waals surface area contributed by atoms with Gasteiger partial charge in [-0.25, -0.2) is 4.79 Å². The van der Waals surface area contributed by atoms with Crippen molar-refractivity contribution in [1.82, 2.24) is 10.3 Å². The Hall–Kier alpha value is -2.28. The number of benzene rings is 1. The number of aromatic amines is 1. The molecule has 29 heavy (non-hydrogen) atoms. The maximum atomic E-state index is 12.3. The van der Waals surface area contributed by atoms with Crippen LogP contribution in [0.4, 0.5) is 0 Å². The van der Waals surface area contributed by atoms with Crippen LogP contribution in [0.15, 0.2) is 41.1 Å². The number of ether oxygens (including phenoxy) is 2. The van der Waals surface area contributed by atoms with Gasteiger partial charge in [0.15, 0.2) is 0 Å². The number of methoxy groups -OCH3 is 2. The van der Waals surface area contributed by atoms with Crippen molar-refractivity contribution < 1.29 is 14.3 Å². The summed E-state index contributed by atoms with van der Waals surface area (Å²) < 4.78 is 10.4. The van der Waals surface area contributed by atoms with E-state index < -0.39 is 5.54 Å². The predicted molar refractivity (Wildman–Crippen MR) is 118 cm³/mol. The second-order valence-corrected chi connectivity index (χ2v) is 8.59. The van der Waals surface area contributed by atoms with Crippen LogP contribution in [0.1, 0.15) is 18.9 Å². The first-order chi connectivity index (χ1) is 13.9. The van der Waals surface area contributed by atoms with Crippen LogP contribution in [0.3, 0.4) is 0 Å². The molecule has 7 heteroatoms. The topological polar surface area (TPSA) is 63.4 Å². The summed E-state index contributed by atoms with van der Waals surface area (Å²) in [6.07, 6.45) is 5.50. The minimum Gasteiger partial charge on any atom is -0.495 e. The van der Waals surface area contributed by atoms with Crippen molar-refractivity contribution in [3.63, 3.8) is 0 Å². The van der Waals surface area contributed by atoms with Gasteiger partial charge in [-0.15, -0.1) is 0 Å². The zero-order valence-corrected chi connectivity index (χ0v) is 18.1. The van der Waals surface area contributed by atoms with Crippen LogP contribution < -0.4 is 10.1 Å². The third-order valence-corrected chi connectivity index (χ3v) is 6.40. The monoisotopic (exact) mass is 430 g/mol. The van der Waals surface area contributed by atoms with Crippen molar-refractivity contribution in [2.45, 2.75) is 31.3 Å². The van der Waals surface area contributed by atoms with Crippen molar-refractivity contribution in [2.75, 3.05) is 14.2 Å². The van der Waals surface area contributed by atoms with Gasteiger partial charge in [0.2, 0.25) is 0 Å². The maximum absolute atomic E-state index is 12.3. The van der Waals surface area contributed by atoms with E-state index >= 15 is 0 Å². The molecule has 0 saturated carbocycles. The van der Waals surface area contributed by atoms with Crippen LogP contribution in [0.25, 0.3) is 22.2 Å². The van der Waals surface area contributed by atoms with Gasteiger partial charge in [-0.3, -0.25) is 5.32 Å². The molecule has 0 amide bonds. The fourth-order valence-corrected chi connectivity index (χ4v) is 4.88. The van der Waals surface area contributed by atoms with Crippen molar-refractivity contribution in [3.8, 4) is 17.0 Å². The van der Waals surface area contributed by atoms with Gasteiger partial charge in [-0.1, -0.05) is 23.8 Å². The predicted octanol–water partition coefficient (Wildman–Crippen LogP) is 4.95. The Morgan fingerprint density at radius 2 is 2.21 bits per heavy atom. The Kier molecular flexibility index (Phi) is 5.42. The largest absolute Gasteiger partial charge is 0.495 e. The van der Waals surface area contributed by atoms with Gasteiger partial charge >= 0.3 is 5.97 Å². The van der Waals surface area contributed by atoms with Crippen LogP contribution in [0, 0.1) is 0 Å². The third-order valence-electron chi connectivity index (χ3n) is 5.42. The number of rotatable bonds is 5. The lowest BCUT2D eigenvalue weighted by atomic mass is 9.90. The zero-order valence-electron chi connectivity index (χ0n) is 16.5. The minimum atomic E-state index is -0.826. The molecule has 2 atom stereocenters. The molecule has 2 unspecified atom stereocenters. The molecule has 5 nitrogen and oxygen atoms in total. The van der Waals surface area contributed by atoms with Crippen molar-refractivity contribution in [1.29, 1.82) is 0 Å². The average molecular weight is 431 g/mol. The summed E-state index contributed by atoms with van der Waals surface area (Å²) in [4.78, 5) is 15.8. The lowest BCUT2D eigenvalue weighted by Crippen LogP contribution is -2.55. The molecular weight excluding hydrogens is 408 g/mol. The standard InChI is InChI=1S/C22H23ClN2O3S/c1-22(21(26)28-3)7-4-5-14(25-22)9-16-15-10-19(27-2)17(23)11-18(15)24-20(16)13-6-8-29-12-13/h4,6-8,10-12,14,24-25H,5,9H2,1-3H3. The van der Waals surface area contributed by atoms with Crippen LogP contribution >= 0.6 is 22.9 Å². The molecule has 3 aromatic rings. The summed E-state index contributed by atoms with van der Waals surface area (Å²) in [5.74, 6) is 0.357. The molecular formula is C22H23ClN2O3S. The third kappa shape index (κ3) is 3.68. The van der Waals surface area contributed by atoms with E-state index in [1.165, 1.54) is 12.7 Å². The van der Waals surface area contributed by atoms with E-state index in [9.17, 15) is 4.79 Å². The number of carbonyl (C=O) groups is 1. The van der Waals surface area contributed by atoms with Gasteiger partial charge in [-0.2, -0.15) is 11.3 Å². The number of nitrogens with one attached hydrogen (secondary N) is 2. The summed E-state index contributed by atoms with van der Waals surface area (Å²) in [7, 11) is 3.03. The number of fused-ring (bicyclic) bond motifs is 1. The molecule has 2 aromatic heterocycles. The lowest BCUT2D eigenvalue weighted by Gasteiger charge is -2.33. The van der Waals surface area contributed by atoms with E-state index in [-0.39, 0.29) is 12.0 Å². The number of aromatic nitrogens is 1. The lowest BCUT2D eigenvalue weighted by molar-refractivity contribution is -0.146. The Balaban J connectivity index is 1.77. The molecule has 3 heterocycles. The number of halogens is 1. The fraction of sp³-hybridized carbons (Fsp3) is 0.318. The molecule has 0 fully saturated rings. The first-order valence-corrected chi connectivity index (χ1v) is 10.7. The summed E-state index contributed by atoms with van der Waals surface area (Å²) in [6.45, 7) is 1.85. The highest BCUT2D eigenvalue weighted by Crippen LogP contribution is 2.38. The number of H-pyrrole nitrogens is 1. The Labute approximate surface area is 178 Å². The molecule has 0 bridgehead atoms. The Morgan fingerprint density at radius 3 is 2.90 bits per heavy atom. The molecule has 0 radical (unpaired) electrons. The summed E-state index contributed by atoms with van der Waals surface area (Å²) in [6, 6.07) is 6.08. The highest BCUT2D eigenvalue weighted by Gasteiger charge is 2.36. The summed E-state index contributed by atoms with van der Waals surface area (Å²) in [5, 5.41) is 9.30. The van der Waals surface area contributed by atoms with E-state index in [1.54, 1.807) is 18.4 Å². The average Bonchev–Trinajstić information content (AvgIpc) is 3.35. The minimum absolute atomic E-state index is 0.0853. The number of hydrogen-bond donors (Lipinski definition) is 2. The van der Waals surface area contributed by atoms with E-state index in [1.807, 2.05) is 25.1 Å². The first-order valence-electron chi connectivity index (χ1n) is 9.39. The highest BCUT2D eigenvalue weighted by molar-refractivity contribution is 7.08. The zero-order chi connectivity index (χ0) is 20.6. The first kappa shape index (κ1) is 20.0. The SMILES string of the molecule is COC(=O)C1(C)C=CCC(Cc2c(-c3ccsc3)[nH]c3cc(Cl)c(OC)cc23)N1. The number of thiophene rings is 1. The Bertz CT molecular complexity index is 1070. The number of carbonyl (C=O) groups excluding carboxylic acids is 1. The van der Waals surface area contributed by atoms with Crippen LogP contribution in [-0.2, 0) is 16.0 Å². The molecule has 0 spiro atoms. The van der Waals surface area contributed by atoms with E-state index in [4.69, 9.17) is 21.1 Å². The molecule has 1 aliphatic heterocycles.